The Labute approximate surface area is 145 Å². The van der Waals surface area contributed by atoms with Crippen molar-refractivity contribution in [3.8, 4) is 0 Å². The summed E-state index contributed by atoms with van der Waals surface area (Å²) in [5.74, 6) is 0.354. The molecule has 1 aliphatic carbocycles. The zero-order valence-corrected chi connectivity index (χ0v) is 15.6. The number of hydrogen-bond donors (Lipinski definition) is 1. The van der Waals surface area contributed by atoms with Gasteiger partial charge in [-0.25, -0.2) is 4.79 Å². The summed E-state index contributed by atoms with van der Waals surface area (Å²) in [6.07, 6.45) is 5.99. The van der Waals surface area contributed by atoms with E-state index in [1.165, 1.54) is 0 Å². The molecule has 1 aliphatic heterocycles. The fourth-order valence-electron chi connectivity index (χ4n) is 4.54. The van der Waals surface area contributed by atoms with Crippen LogP contribution in [0.1, 0.15) is 72.6 Å². The van der Waals surface area contributed by atoms with Crippen LogP contribution in [0.5, 0.6) is 0 Å². The molecule has 5 heteroatoms. The van der Waals surface area contributed by atoms with Crippen molar-refractivity contribution in [2.24, 2.45) is 16.7 Å². The van der Waals surface area contributed by atoms with Gasteiger partial charge in [-0.1, -0.05) is 20.8 Å². The first kappa shape index (κ1) is 19.1. The molecule has 2 aliphatic rings. The molecule has 1 heterocycles. The first-order chi connectivity index (χ1) is 11.2. The SMILES string of the molecule is CCOC(=O)CC1CCC2(CC1)CCN(C(=O)O)C(C(C)(C)C)C2. The number of rotatable bonds is 3. The predicted octanol–water partition coefficient (Wildman–Crippen LogP) is 4.30. The molecule has 0 aromatic carbocycles. The summed E-state index contributed by atoms with van der Waals surface area (Å²) in [7, 11) is 0. The minimum Gasteiger partial charge on any atom is -0.466 e. The Morgan fingerprint density at radius 1 is 1.21 bits per heavy atom. The predicted molar refractivity (Wildman–Crippen MR) is 92.8 cm³/mol. The lowest BCUT2D eigenvalue weighted by Crippen LogP contribution is -2.55. The van der Waals surface area contributed by atoms with E-state index in [9.17, 15) is 14.7 Å². The third-order valence-electron chi connectivity index (χ3n) is 6.06. The molecule has 0 radical (unpaired) electrons. The second kappa shape index (κ2) is 7.32. The van der Waals surface area contributed by atoms with Crippen molar-refractivity contribution < 1.29 is 19.4 Å². The number of amides is 1. The topological polar surface area (TPSA) is 66.8 Å². The van der Waals surface area contributed by atoms with E-state index in [4.69, 9.17) is 4.74 Å². The Balaban J connectivity index is 1.98. The molecule has 1 saturated carbocycles. The van der Waals surface area contributed by atoms with Gasteiger partial charge in [-0.05, 0) is 62.2 Å². The van der Waals surface area contributed by atoms with Gasteiger partial charge in [0, 0.05) is 19.0 Å². The Morgan fingerprint density at radius 3 is 2.33 bits per heavy atom. The number of ether oxygens (including phenoxy) is 1. The van der Waals surface area contributed by atoms with Crippen LogP contribution in [0, 0.1) is 16.7 Å². The van der Waals surface area contributed by atoms with Crippen LogP contribution in [0.3, 0.4) is 0 Å². The van der Waals surface area contributed by atoms with E-state index in [2.05, 4.69) is 20.8 Å². The minimum absolute atomic E-state index is 0.0480. The van der Waals surface area contributed by atoms with Gasteiger partial charge in [0.05, 0.1) is 6.61 Å². The molecule has 1 atom stereocenters. The Hall–Kier alpha value is -1.26. The number of hydrogen-bond acceptors (Lipinski definition) is 3. The van der Waals surface area contributed by atoms with E-state index < -0.39 is 6.09 Å². The number of carboxylic acid groups (broad SMARTS) is 1. The van der Waals surface area contributed by atoms with E-state index in [1.807, 2.05) is 6.92 Å². The average Bonchev–Trinajstić information content (AvgIpc) is 2.49. The molecule has 1 spiro atoms. The molecule has 1 N–H and O–H groups in total. The van der Waals surface area contributed by atoms with Gasteiger partial charge in [0.25, 0.3) is 0 Å². The fraction of sp³-hybridized carbons (Fsp3) is 0.895. The molecule has 5 nitrogen and oxygen atoms in total. The molecule has 0 aromatic rings. The molecule has 0 bridgehead atoms. The van der Waals surface area contributed by atoms with Gasteiger partial charge in [0.2, 0.25) is 0 Å². The van der Waals surface area contributed by atoms with Gasteiger partial charge in [-0.15, -0.1) is 0 Å². The van der Waals surface area contributed by atoms with Gasteiger partial charge in [-0.3, -0.25) is 4.79 Å². The number of carbonyl (C=O) groups excluding carboxylic acids is 1. The third-order valence-corrected chi connectivity index (χ3v) is 6.06. The summed E-state index contributed by atoms with van der Waals surface area (Å²) in [4.78, 5) is 24.9. The fourth-order valence-corrected chi connectivity index (χ4v) is 4.54. The minimum atomic E-state index is -0.791. The highest BCUT2D eigenvalue weighted by Gasteiger charge is 2.47. The van der Waals surface area contributed by atoms with Gasteiger partial charge in [-0.2, -0.15) is 0 Å². The van der Waals surface area contributed by atoms with Crippen LogP contribution in [0.4, 0.5) is 4.79 Å². The van der Waals surface area contributed by atoms with Crippen LogP contribution in [0.2, 0.25) is 0 Å². The highest BCUT2D eigenvalue weighted by atomic mass is 16.5. The van der Waals surface area contributed by atoms with Crippen LogP contribution < -0.4 is 0 Å². The standard InChI is InChI=1S/C19H33NO4/c1-5-24-16(21)12-14-6-8-19(9-7-14)10-11-20(17(22)23)15(13-19)18(2,3)4/h14-15H,5-13H2,1-4H3,(H,22,23). The highest BCUT2D eigenvalue weighted by Crippen LogP contribution is 2.51. The van der Waals surface area contributed by atoms with Crippen molar-refractivity contribution in [3.63, 3.8) is 0 Å². The summed E-state index contributed by atoms with van der Waals surface area (Å²) in [6.45, 7) is 9.35. The maximum Gasteiger partial charge on any atom is 0.407 e. The average molecular weight is 339 g/mol. The van der Waals surface area contributed by atoms with Crippen molar-refractivity contribution in [1.82, 2.24) is 4.90 Å². The molecule has 1 saturated heterocycles. The normalized spacial score (nSPS) is 31.1. The van der Waals surface area contributed by atoms with Crippen LogP contribution in [-0.4, -0.2) is 41.3 Å². The number of carbonyl (C=O) groups is 2. The smallest absolute Gasteiger partial charge is 0.407 e. The molecule has 2 fully saturated rings. The molecular formula is C19H33NO4. The summed E-state index contributed by atoms with van der Waals surface area (Å²) in [6, 6.07) is 0.0744. The zero-order valence-electron chi connectivity index (χ0n) is 15.6. The number of esters is 1. The number of piperidine rings is 1. The summed E-state index contributed by atoms with van der Waals surface area (Å²) in [5.41, 5.74) is 0.211. The Kier molecular flexibility index (Phi) is 5.82. The van der Waals surface area contributed by atoms with E-state index >= 15 is 0 Å². The van der Waals surface area contributed by atoms with Crippen LogP contribution >= 0.6 is 0 Å². The summed E-state index contributed by atoms with van der Waals surface area (Å²) < 4.78 is 5.07. The second-order valence-electron chi connectivity index (χ2n) is 8.76. The number of nitrogens with zero attached hydrogens (tertiary/aromatic N) is 1. The number of likely N-dealkylation sites (tertiary alicyclic amines) is 1. The van der Waals surface area contributed by atoms with Crippen molar-refractivity contribution in [2.75, 3.05) is 13.2 Å². The highest BCUT2D eigenvalue weighted by molar-refractivity contribution is 5.69. The van der Waals surface area contributed by atoms with Crippen molar-refractivity contribution in [1.29, 1.82) is 0 Å². The maximum atomic E-state index is 11.7. The lowest BCUT2D eigenvalue weighted by atomic mass is 9.61. The molecular weight excluding hydrogens is 306 g/mol. The largest absolute Gasteiger partial charge is 0.466 e. The summed E-state index contributed by atoms with van der Waals surface area (Å²) >= 11 is 0. The van der Waals surface area contributed by atoms with Crippen LogP contribution in [-0.2, 0) is 9.53 Å². The molecule has 1 unspecified atom stereocenters. The molecule has 1 amide bonds. The molecule has 0 aromatic heterocycles. The molecule has 138 valence electrons. The quantitative estimate of drug-likeness (QED) is 0.778. The first-order valence-electron chi connectivity index (χ1n) is 9.32. The van der Waals surface area contributed by atoms with Crippen molar-refractivity contribution >= 4 is 12.1 Å². The lowest BCUT2D eigenvalue weighted by molar-refractivity contribution is -0.144. The monoisotopic (exact) mass is 339 g/mol. The third kappa shape index (κ3) is 4.42. The Morgan fingerprint density at radius 2 is 1.83 bits per heavy atom. The van der Waals surface area contributed by atoms with Gasteiger partial charge in [0.15, 0.2) is 0 Å². The second-order valence-corrected chi connectivity index (χ2v) is 8.76. The van der Waals surface area contributed by atoms with Crippen LogP contribution in [0.25, 0.3) is 0 Å². The zero-order chi connectivity index (χ0) is 18.0. The maximum absolute atomic E-state index is 11.7. The van der Waals surface area contributed by atoms with Crippen LogP contribution in [0.15, 0.2) is 0 Å². The summed E-state index contributed by atoms with van der Waals surface area (Å²) in [5, 5.41) is 9.53. The Bertz CT molecular complexity index is 460. The van der Waals surface area contributed by atoms with Gasteiger partial charge in [0.1, 0.15) is 0 Å². The van der Waals surface area contributed by atoms with Crippen molar-refractivity contribution in [2.45, 2.75) is 78.7 Å². The lowest BCUT2D eigenvalue weighted by Gasteiger charge is -2.52. The van der Waals surface area contributed by atoms with Crippen molar-refractivity contribution in [3.05, 3.63) is 0 Å². The first-order valence-corrected chi connectivity index (χ1v) is 9.32. The van der Waals surface area contributed by atoms with E-state index in [-0.39, 0.29) is 22.8 Å². The van der Waals surface area contributed by atoms with Gasteiger partial charge >= 0.3 is 12.1 Å². The molecule has 2 rings (SSSR count). The van der Waals surface area contributed by atoms with E-state index in [1.54, 1.807) is 4.90 Å². The van der Waals surface area contributed by atoms with E-state index in [0.717, 1.165) is 38.5 Å². The molecule has 24 heavy (non-hydrogen) atoms. The van der Waals surface area contributed by atoms with E-state index in [0.29, 0.717) is 25.5 Å². The van der Waals surface area contributed by atoms with Gasteiger partial charge < -0.3 is 14.7 Å².